The number of hydrogen-bond acceptors (Lipinski definition) is 4. The third-order valence-electron chi connectivity index (χ3n) is 2.38. The number of ether oxygens (including phenoxy) is 1. The highest BCUT2D eigenvalue weighted by Crippen LogP contribution is 2.30. The minimum Gasteiger partial charge on any atom is -0.487 e. The van der Waals surface area contributed by atoms with E-state index in [-0.39, 0.29) is 17.0 Å². The van der Waals surface area contributed by atoms with E-state index in [2.05, 4.69) is 5.16 Å². The van der Waals surface area contributed by atoms with Crippen molar-refractivity contribution in [3.05, 3.63) is 29.6 Å². The number of hydrogen-bond donors (Lipinski definition) is 2. The number of aliphatic hydroxyl groups excluding tert-OH is 1. The number of aliphatic hydroxyl groups is 1. The molecule has 0 amide bonds. The maximum atomic E-state index is 13.4. The van der Waals surface area contributed by atoms with Crippen molar-refractivity contribution in [1.82, 2.24) is 0 Å². The van der Waals surface area contributed by atoms with Crippen molar-refractivity contribution in [2.24, 2.45) is 5.16 Å². The summed E-state index contributed by atoms with van der Waals surface area (Å²) in [5.41, 5.74) is -0.0764. The average molecular weight is 211 g/mol. The molecule has 2 atom stereocenters. The molecule has 0 spiro atoms. The lowest BCUT2D eigenvalue weighted by molar-refractivity contribution is 0.0808. The quantitative estimate of drug-likeness (QED) is 0.499. The summed E-state index contributed by atoms with van der Waals surface area (Å²) in [7, 11) is 0. The zero-order valence-corrected chi connectivity index (χ0v) is 8.01. The highest BCUT2D eigenvalue weighted by atomic mass is 19.1. The number of benzene rings is 1. The van der Waals surface area contributed by atoms with Crippen LogP contribution in [0.4, 0.5) is 4.39 Å². The topological polar surface area (TPSA) is 62.0 Å². The van der Waals surface area contributed by atoms with Gasteiger partial charge in [-0.1, -0.05) is 11.2 Å². The van der Waals surface area contributed by atoms with E-state index in [0.29, 0.717) is 0 Å². The third-order valence-corrected chi connectivity index (χ3v) is 2.38. The molecule has 5 heteroatoms. The minimum absolute atomic E-state index is 0.0191. The first kappa shape index (κ1) is 9.92. The summed E-state index contributed by atoms with van der Waals surface area (Å²) in [4.78, 5) is 0. The van der Waals surface area contributed by atoms with Crippen LogP contribution in [0, 0.1) is 5.82 Å². The van der Waals surface area contributed by atoms with Crippen LogP contribution in [-0.2, 0) is 0 Å². The zero-order valence-electron chi connectivity index (χ0n) is 8.01. The minimum atomic E-state index is -1.13. The van der Waals surface area contributed by atoms with Gasteiger partial charge in [0, 0.05) is 0 Å². The van der Waals surface area contributed by atoms with Gasteiger partial charge in [0.2, 0.25) is 0 Å². The second-order valence-corrected chi connectivity index (χ2v) is 3.37. The van der Waals surface area contributed by atoms with Crippen LogP contribution in [0.5, 0.6) is 5.75 Å². The van der Waals surface area contributed by atoms with Gasteiger partial charge in [-0.15, -0.1) is 0 Å². The van der Waals surface area contributed by atoms with Crippen molar-refractivity contribution in [1.29, 1.82) is 0 Å². The van der Waals surface area contributed by atoms with Gasteiger partial charge < -0.3 is 15.1 Å². The van der Waals surface area contributed by atoms with E-state index >= 15 is 0 Å². The molecule has 0 radical (unpaired) electrons. The summed E-state index contributed by atoms with van der Waals surface area (Å²) in [6, 6.07) is 4.27. The predicted molar refractivity (Wildman–Crippen MR) is 50.8 cm³/mol. The van der Waals surface area contributed by atoms with Crippen molar-refractivity contribution in [3.63, 3.8) is 0 Å². The summed E-state index contributed by atoms with van der Waals surface area (Å²) in [6.45, 7) is 1.61. The predicted octanol–water partition coefficient (Wildman–Crippen LogP) is 1.15. The zero-order chi connectivity index (χ0) is 11.0. The second-order valence-electron chi connectivity index (χ2n) is 3.37. The van der Waals surface area contributed by atoms with E-state index in [1.807, 2.05) is 0 Å². The molecule has 2 rings (SSSR count). The molecule has 1 heterocycles. The third kappa shape index (κ3) is 1.45. The molecule has 80 valence electrons. The van der Waals surface area contributed by atoms with E-state index in [4.69, 9.17) is 9.94 Å². The van der Waals surface area contributed by atoms with Gasteiger partial charge in [0.15, 0.2) is 0 Å². The fourth-order valence-corrected chi connectivity index (χ4v) is 1.60. The average Bonchev–Trinajstić information content (AvgIpc) is 2.21. The molecular formula is C10H10FNO3. The maximum Gasteiger partial charge on any atom is 0.137 e. The maximum absolute atomic E-state index is 13.4. The largest absolute Gasteiger partial charge is 0.487 e. The molecule has 0 fully saturated rings. The molecular weight excluding hydrogens is 201 g/mol. The van der Waals surface area contributed by atoms with Crippen LogP contribution < -0.4 is 4.74 Å². The van der Waals surface area contributed by atoms with Gasteiger partial charge >= 0.3 is 0 Å². The molecule has 0 saturated heterocycles. The first-order chi connectivity index (χ1) is 7.15. The molecule has 0 unspecified atom stereocenters. The Kier molecular flexibility index (Phi) is 2.32. The summed E-state index contributed by atoms with van der Waals surface area (Å²) >= 11 is 0. The van der Waals surface area contributed by atoms with Crippen molar-refractivity contribution < 1.29 is 19.4 Å². The summed E-state index contributed by atoms with van der Waals surface area (Å²) in [6.07, 6.45) is -1.69. The number of fused-ring (bicyclic) bond motifs is 1. The summed E-state index contributed by atoms with van der Waals surface area (Å²) in [5.74, 6) is -0.299. The van der Waals surface area contributed by atoms with Gasteiger partial charge in [-0.3, -0.25) is 0 Å². The molecule has 0 aliphatic carbocycles. The first-order valence-electron chi connectivity index (χ1n) is 4.50. The van der Waals surface area contributed by atoms with Gasteiger partial charge in [0.1, 0.15) is 29.5 Å². The second kappa shape index (κ2) is 3.51. The Bertz CT molecular complexity index is 419. The van der Waals surface area contributed by atoms with Crippen LogP contribution in [0.1, 0.15) is 12.5 Å². The van der Waals surface area contributed by atoms with E-state index in [0.717, 1.165) is 0 Å². The Morgan fingerprint density at radius 3 is 2.87 bits per heavy atom. The molecule has 1 aromatic carbocycles. The van der Waals surface area contributed by atoms with Gasteiger partial charge in [-0.2, -0.15) is 0 Å². The van der Waals surface area contributed by atoms with Crippen LogP contribution in [-0.4, -0.2) is 28.2 Å². The normalized spacial score (nSPS) is 27.3. The van der Waals surface area contributed by atoms with Gasteiger partial charge in [0.25, 0.3) is 0 Å². The van der Waals surface area contributed by atoms with Crippen molar-refractivity contribution in [2.75, 3.05) is 0 Å². The van der Waals surface area contributed by atoms with Gasteiger partial charge in [0.05, 0.1) is 5.56 Å². The lowest BCUT2D eigenvalue weighted by Crippen LogP contribution is -2.41. The van der Waals surface area contributed by atoms with Crippen LogP contribution in [0.3, 0.4) is 0 Å². The molecule has 1 aromatic rings. The van der Waals surface area contributed by atoms with Crippen molar-refractivity contribution in [2.45, 2.75) is 19.1 Å². The Labute approximate surface area is 85.6 Å². The Hall–Kier alpha value is -1.62. The van der Waals surface area contributed by atoms with Crippen molar-refractivity contribution in [3.8, 4) is 5.75 Å². The molecule has 0 saturated carbocycles. The van der Waals surface area contributed by atoms with Crippen LogP contribution in [0.15, 0.2) is 23.4 Å². The lowest BCUT2D eigenvalue weighted by atomic mass is 9.97. The lowest BCUT2D eigenvalue weighted by Gasteiger charge is -2.28. The van der Waals surface area contributed by atoms with Gasteiger partial charge in [-0.05, 0) is 19.1 Å². The van der Waals surface area contributed by atoms with Gasteiger partial charge in [-0.25, -0.2) is 4.39 Å². The van der Waals surface area contributed by atoms with Crippen LogP contribution >= 0.6 is 0 Å². The van der Waals surface area contributed by atoms with Crippen LogP contribution in [0.2, 0.25) is 0 Å². The molecule has 1 aliphatic rings. The number of halogens is 1. The highest BCUT2D eigenvalue weighted by Gasteiger charge is 2.33. The van der Waals surface area contributed by atoms with E-state index in [9.17, 15) is 9.50 Å². The molecule has 0 bridgehead atoms. The standard InChI is InChI=1S/C10H10FNO3/c1-5-10(13)9(12-14)8-6(11)3-2-4-7(8)15-5/h2-5,10,13-14H,1H3/t5-,10+/m0/s1. The van der Waals surface area contributed by atoms with E-state index in [1.165, 1.54) is 12.1 Å². The van der Waals surface area contributed by atoms with E-state index in [1.54, 1.807) is 13.0 Å². The number of nitrogens with zero attached hydrogens (tertiary/aromatic N) is 1. The Morgan fingerprint density at radius 2 is 2.20 bits per heavy atom. The van der Waals surface area contributed by atoms with Crippen LogP contribution in [0.25, 0.3) is 0 Å². The Balaban J connectivity index is 2.62. The summed E-state index contributed by atoms with van der Waals surface area (Å²) < 4.78 is 18.7. The molecule has 15 heavy (non-hydrogen) atoms. The summed E-state index contributed by atoms with van der Waals surface area (Å²) in [5, 5.41) is 21.3. The first-order valence-corrected chi connectivity index (χ1v) is 4.50. The fourth-order valence-electron chi connectivity index (χ4n) is 1.60. The molecule has 4 nitrogen and oxygen atoms in total. The highest BCUT2D eigenvalue weighted by molar-refractivity contribution is 6.06. The molecule has 1 aliphatic heterocycles. The van der Waals surface area contributed by atoms with Crippen molar-refractivity contribution >= 4 is 5.71 Å². The smallest absolute Gasteiger partial charge is 0.137 e. The SMILES string of the molecule is C[C@@H]1Oc2cccc(F)c2C(=NO)[C@@H]1O. The fraction of sp³-hybridized carbons (Fsp3) is 0.300. The number of rotatable bonds is 0. The molecule has 0 aromatic heterocycles. The van der Waals surface area contributed by atoms with E-state index < -0.39 is 18.0 Å². The molecule has 2 N–H and O–H groups in total. The number of oxime groups is 1. The monoisotopic (exact) mass is 211 g/mol. The Morgan fingerprint density at radius 1 is 1.47 bits per heavy atom.